The van der Waals surface area contributed by atoms with Gasteiger partial charge < -0.3 is 14.6 Å². The summed E-state index contributed by atoms with van der Waals surface area (Å²) in [5, 5.41) is 2.85. The number of ether oxygens (including phenoxy) is 1. The number of carbonyl (C=O) groups excluding carboxylic acids is 2. The van der Waals surface area contributed by atoms with Crippen LogP contribution in [0.15, 0.2) is 41.3 Å². The van der Waals surface area contributed by atoms with Gasteiger partial charge in [0.25, 0.3) is 0 Å². The monoisotopic (exact) mass is 411 g/mol. The Morgan fingerprint density at radius 3 is 2.33 bits per heavy atom. The summed E-state index contributed by atoms with van der Waals surface area (Å²) in [6, 6.07) is 8.35. The van der Waals surface area contributed by atoms with Crippen molar-refractivity contribution in [3.63, 3.8) is 0 Å². The zero-order chi connectivity index (χ0) is 21.5. The molecule has 2 aromatic rings. The molecule has 0 bridgehead atoms. The standard InChI is InChI=1S/C23H29N3O4/c1-17(27)18-7-9-19(10-8-18)24-23(29)16-26-15-22(30-2)21(28)13-20(26)14-25-11-5-3-4-6-12-25/h7-10,13,15H,3-6,11-12,14,16H2,1-2H3,(H,24,29). The fourth-order valence-corrected chi connectivity index (χ4v) is 3.70. The first-order chi connectivity index (χ1) is 14.5. The Balaban J connectivity index is 1.76. The molecular formula is C23H29N3O4. The van der Waals surface area contributed by atoms with Crippen LogP contribution in [0.2, 0.25) is 0 Å². The highest BCUT2D eigenvalue weighted by atomic mass is 16.5. The van der Waals surface area contributed by atoms with Crippen molar-refractivity contribution in [2.45, 2.75) is 45.7 Å². The Hall–Kier alpha value is -2.93. The molecule has 1 aliphatic heterocycles. The highest BCUT2D eigenvalue weighted by Crippen LogP contribution is 2.15. The van der Waals surface area contributed by atoms with Gasteiger partial charge in [-0.3, -0.25) is 19.3 Å². The van der Waals surface area contributed by atoms with Gasteiger partial charge in [-0.1, -0.05) is 12.8 Å². The van der Waals surface area contributed by atoms with E-state index in [0.29, 0.717) is 17.8 Å². The predicted molar refractivity (Wildman–Crippen MR) is 116 cm³/mol. The van der Waals surface area contributed by atoms with Crippen molar-refractivity contribution in [2.75, 3.05) is 25.5 Å². The maximum Gasteiger partial charge on any atom is 0.244 e. The molecule has 3 rings (SSSR count). The van der Waals surface area contributed by atoms with E-state index in [1.54, 1.807) is 41.1 Å². The smallest absolute Gasteiger partial charge is 0.244 e. The van der Waals surface area contributed by atoms with E-state index >= 15 is 0 Å². The molecule has 2 heterocycles. The third-order valence-corrected chi connectivity index (χ3v) is 5.38. The minimum absolute atomic E-state index is 0.0219. The minimum atomic E-state index is -0.214. The highest BCUT2D eigenvalue weighted by molar-refractivity contribution is 5.95. The van der Waals surface area contributed by atoms with Gasteiger partial charge in [-0.2, -0.15) is 0 Å². The normalized spacial score (nSPS) is 14.7. The topological polar surface area (TPSA) is 80.6 Å². The molecule has 1 fully saturated rings. The van der Waals surface area contributed by atoms with Gasteiger partial charge in [0.2, 0.25) is 11.3 Å². The predicted octanol–water partition coefficient (Wildman–Crippen LogP) is 3.07. The fraction of sp³-hybridized carbons (Fsp3) is 0.435. The van der Waals surface area contributed by atoms with Gasteiger partial charge in [-0.05, 0) is 57.1 Å². The number of ketones is 1. The second-order valence-corrected chi connectivity index (χ2v) is 7.70. The largest absolute Gasteiger partial charge is 0.491 e. The lowest BCUT2D eigenvalue weighted by Gasteiger charge is -2.23. The molecule has 1 aliphatic rings. The molecule has 0 saturated carbocycles. The van der Waals surface area contributed by atoms with Crippen LogP contribution in [0.1, 0.15) is 48.7 Å². The fourth-order valence-electron chi connectivity index (χ4n) is 3.70. The number of rotatable bonds is 7. The second kappa shape index (κ2) is 10.2. The summed E-state index contributed by atoms with van der Waals surface area (Å²) in [6.45, 7) is 4.18. The molecule has 1 amide bonds. The first kappa shape index (κ1) is 21.8. The Morgan fingerprint density at radius 1 is 1.07 bits per heavy atom. The number of amides is 1. The van der Waals surface area contributed by atoms with E-state index in [1.165, 1.54) is 26.9 Å². The summed E-state index contributed by atoms with van der Waals surface area (Å²) in [5.74, 6) is -0.0204. The van der Waals surface area contributed by atoms with Crippen molar-refractivity contribution in [1.82, 2.24) is 9.47 Å². The summed E-state index contributed by atoms with van der Waals surface area (Å²) in [4.78, 5) is 38.7. The number of hydrogen-bond donors (Lipinski definition) is 1. The van der Waals surface area contributed by atoms with Crippen LogP contribution in [0.5, 0.6) is 5.75 Å². The van der Waals surface area contributed by atoms with Gasteiger partial charge in [-0.15, -0.1) is 0 Å². The van der Waals surface area contributed by atoms with E-state index in [4.69, 9.17) is 4.74 Å². The van der Waals surface area contributed by atoms with E-state index in [9.17, 15) is 14.4 Å². The Kier molecular flexibility index (Phi) is 7.41. The molecule has 7 nitrogen and oxygen atoms in total. The van der Waals surface area contributed by atoms with E-state index < -0.39 is 0 Å². The van der Waals surface area contributed by atoms with Crippen molar-refractivity contribution >= 4 is 17.4 Å². The lowest BCUT2D eigenvalue weighted by molar-refractivity contribution is -0.116. The van der Waals surface area contributed by atoms with Crippen molar-refractivity contribution in [3.8, 4) is 5.75 Å². The quantitative estimate of drug-likeness (QED) is 0.708. The molecule has 0 atom stereocenters. The third kappa shape index (κ3) is 5.79. The lowest BCUT2D eigenvalue weighted by atomic mass is 10.1. The molecule has 1 saturated heterocycles. The van der Waals surface area contributed by atoms with Crippen LogP contribution in [0.3, 0.4) is 0 Å². The van der Waals surface area contributed by atoms with E-state index in [2.05, 4.69) is 10.2 Å². The molecule has 7 heteroatoms. The van der Waals surface area contributed by atoms with Gasteiger partial charge in [0, 0.05) is 29.6 Å². The zero-order valence-electron chi connectivity index (χ0n) is 17.6. The molecule has 1 aromatic heterocycles. The summed E-state index contributed by atoms with van der Waals surface area (Å²) in [7, 11) is 1.45. The Morgan fingerprint density at radius 2 is 1.73 bits per heavy atom. The van der Waals surface area contributed by atoms with E-state index in [-0.39, 0.29) is 29.4 Å². The average Bonchev–Trinajstić information content (AvgIpc) is 2.99. The number of pyridine rings is 1. The van der Waals surface area contributed by atoms with Crippen LogP contribution in [-0.2, 0) is 17.9 Å². The number of benzene rings is 1. The minimum Gasteiger partial charge on any atom is -0.491 e. The van der Waals surface area contributed by atoms with Crippen LogP contribution < -0.4 is 15.5 Å². The van der Waals surface area contributed by atoms with Crippen LogP contribution in [-0.4, -0.2) is 41.4 Å². The molecule has 1 N–H and O–H groups in total. The summed E-state index contributed by atoms with van der Waals surface area (Å²) < 4.78 is 6.96. The molecule has 0 radical (unpaired) electrons. The van der Waals surface area contributed by atoms with Gasteiger partial charge in [0.05, 0.1) is 13.3 Å². The molecule has 0 unspecified atom stereocenters. The summed E-state index contributed by atoms with van der Waals surface area (Å²) in [6.07, 6.45) is 6.37. The number of nitrogens with one attached hydrogen (secondary N) is 1. The number of likely N-dealkylation sites (tertiary alicyclic amines) is 1. The van der Waals surface area contributed by atoms with Crippen LogP contribution >= 0.6 is 0 Å². The molecule has 160 valence electrons. The first-order valence-corrected chi connectivity index (χ1v) is 10.4. The molecule has 1 aromatic carbocycles. The molecule has 0 aliphatic carbocycles. The van der Waals surface area contributed by atoms with Crippen molar-refractivity contribution in [2.24, 2.45) is 0 Å². The van der Waals surface area contributed by atoms with Gasteiger partial charge in [-0.25, -0.2) is 0 Å². The SMILES string of the molecule is COc1cn(CC(=O)Nc2ccc(C(C)=O)cc2)c(CN2CCCCCC2)cc1=O. The number of Topliss-reactive ketones (excluding diaryl/α,β-unsaturated/α-hetero) is 1. The highest BCUT2D eigenvalue weighted by Gasteiger charge is 2.15. The third-order valence-electron chi connectivity index (χ3n) is 5.38. The van der Waals surface area contributed by atoms with Gasteiger partial charge >= 0.3 is 0 Å². The summed E-state index contributed by atoms with van der Waals surface area (Å²) >= 11 is 0. The van der Waals surface area contributed by atoms with Crippen LogP contribution in [0.25, 0.3) is 0 Å². The van der Waals surface area contributed by atoms with Crippen molar-refractivity contribution in [3.05, 3.63) is 58.0 Å². The lowest BCUT2D eigenvalue weighted by Crippen LogP contribution is -2.29. The molecular weight excluding hydrogens is 382 g/mol. The Labute approximate surface area is 176 Å². The molecule has 0 spiro atoms. The van der Waals surface area contributed by atoms with Gasteiger partial charge in [0.15, 0.2) is 11.5 Å². The summed E-state index contributed by atoms with van der Waals surface area (Å²) in [5.41, 5.74) is 1.83. The van der Waals surface area contributed by atoms with E-state index in [0.717, 1.165) is 31.6 Å². The first-order valence-electron chi connectivity index (χ1n) is 10.4. The Bertz CT molecular complexity index is 942. The number of methoxy groups -OCH3 is 1. The number of aromatic nitrogens is 1. The number of hydrogen-bond acceptors (Lipinski definition) is 5. The maximum atomic E-state index is 12.7. The van der Waals surface area contributed by atoms with Crippen molar-refractivity contribution < 1.29 is 14.3 Å². The molecule has 30 heavy (non-hydrogen) atoms. The number of carbonyl (C=O) groups is 2. The van der Waals surface area contributed by atoms with Gasteiger partial charge in [0.1, 0.15) is 6.54 Å². The van der Waals surface area contributed by atoms with E-state index in [1.807, 2.05) is 0 Å². The average molecular weight is 412 g/mol. The number of nitrogens with zero attached hydrogens (tertiary/aromatic N) is 2. The van der Waals surface area contributed by atoms with Crippen LogP contribution in [0, 0.1) is 0 Å². The second-order valence-electron chi connectivity index (χ2n) is 7.70. The van der Waals surface area contributed by atoms with Crippen LogP contribution in [0.4, 0.5) is 5.69 Å². The van der Waals surface area contributed by atoms with Crippen molar-refractivity contribution in [1.29, 1.82) is 0 Å². The maximum absolute atomic E-state index is 12.7. The zero-order valence-corrected chi connectivity index (χ0v) is 17.6. The number of anilines is 1.